The van der Waals surface area contributed by atoms with Gasteiger partial charge in [0.05, 0.1) is 5.56 Å². The first-order valence-electron chi connectivity index (χ1n) is 5.89. The maximum absolute atomic E-state index is 12.9. The van der Waals surface area contributed by atoms with E-state index in [9.17, 15) is 17.6 Å². The Labute approximate surface area is 111 Å². The second-order valence-corrected chi connectivity index (χ2v) is 4.49. The number of nitrogens with one attached hydrogen (secondary N) is 1. The molecule has 0 atom stereocenters. The quantitative estimate of drug-likeness (QED) is 0.604. The fourth-order valence-corrected chi connectivity index (χ4v) is 2.09. The van der Waals surface area contributed by atoms with Crippen LogP contribution in [0.25, 0.3) is 22.2 Å². The normalized spacial score (nSPS) is 12.0. The SMILES string of the molecule is Fc1ccc(-c2cc3cc(C(F)(F)F)ccc3[nH]2)cc1. The van der Waals surface area contributed by atoms with E-state index in [-0.39, 0.29) is 5.82 Å². The average molecular weight is 279 g/mol. The van der Waals surface area contributed by atoms with Gasteiger partial charge in [0.25, 0.3) is 0 Å². The molecule has 0 aliphatic rings. The Morgan fingerprint density at radius 2 is 1.55 bits per heavy atom. The lowest BCUT2D eigenvalue weighted by molar-refractivity contribution is -0.137. The topological polar surface area (TPSA) is 15.8 Å². The summed E-state index contributed by atoms with van der Waals surface area (Å²) in [5.74, 6) is -0.357. The van der Waals surface area contributed by atoms with Crippen LogP contribution in [0.1, 0.15) is 5.56 Å². The molecule has 1 nitrogen and oxygen atoms in total. The molecule has 0 aliphatic carbocycles. The molecule has 0 unspecified atom stereocenters. The van der Waals surface area contributed by atoms with Crippen molar-refractivity contribution in [3.05, 3.63) is 59.9 Å². The monoisotopic (exact) mass is 279 g/mol. The summed E-state index contributed by atoms with van der Waals surface area (Å²) >= 11 is 0. The smallest absolute Gasteiger partial charge is 0.355 e. The molecule has 0 radical (unpaired) electrons. The van der Waals surface area contributed by atoms with E-state index in [2.05, 4.69) is 4.98 Å². The second kappa shape index (κ2) is 4.37. The summed E-state index contributed by atoms with van der Waals surface area (Å²) in [6.07, 6.45) is -4.36. The Kier molecular flexibility index (Phi) is 2.78. The van der Waals surface area contributed by atoms with Crippen molar-refractivity contribution in [2.24, 2.45) is 0 Å². The number of aromatic nitrogens is 1. The molecule has 3 aromatic rings. The van der Waals surface area contributed by atoms with Crippen LogP contribution >= 0.6 is 0 Å². The number of alkyl halides is 3. The van der Waals surface area contributed by atoms with Gasteiger partial charge in [0.2, 0.25) is 0 Å². The fourth-order valence-electron chi connectivity index (χ4n) is 2.09. The molecule has 1 aromatic heterocycles. The Hall–Kier alpha value is -2.30. The van der Waals surface area contributed by atoms with Gasteiger partial charge in [0, 0.05) is 16.6 Å². The zero-order valence-corrected chi connectivity index (χ0v) is 10.1. The summed E-state index contributed by atoms with van der Waals surface area (Å²) < 4.78 is 50.8. The highest BCUT2D eigenvalue weighted by Crippen LogP contribution is 2.32. The van der Waals surface area contributed by atoms with Crippen LogP contribution in [0, 0.1) is 5.82 Å². The van der Waals surface area contributed by atoms with Crippen LogP contribution in [0.2, 0.25) is 0 Å². The van der Waals surface area contributed by atoms with Gasteiger partial charge in [0.15, 0.2) is 0 Å². The van der Waals surface area contributed by atoms with Crippen molar-refractivity contribution >= 4 is 10.9 Å². The van der Waals surface area contributed by atoms with E-state index in [1.54, 1.807) is 18.2 Å². The number of hydrogen-bond donors (Lipinski definition) is 1. The summed E-state index contributed by atoms with van der Waals surface area (Å²) in [5, 5.41) is 0.471. The van der Waals surface area contributed by atoms with Crippen LogP contribution in [-0.4, -0.2) is 4.98 Å². The maximum atomic E-state index is 12.9. The van der Waals surface area contributed by atoms with E-state index in [1.807, 2.05) is 0 Å². The van der Waals surface area contributed by atoms with Gasteiger partial charge in [-0.25, -0.2) is 4.39 Å². The van der Waals surface area contributed by atoms with Gasteiger partial charge in [-0.2, -0.15) is 13.2 Å². The van der Waals surface area contributed by atoms with Crippen molar-refractivity contribution in [3.8, 4) is 11.3 Å². The number of hydrogen-bond acceptors (Lipinski definition) is 0. The van der Waals surface area contributed by atoms with E-state index < -0.39 is 11.7 Å². The summed E-state index contributed by atoms with van der Waals surface area (Å²) in [7, 11) is 0. The Bertz CT molecular complexity index is 754. The maximum Gasteiger partial charge on any atom is 0.416 e. The average Bonchev–Trinajstić information content (AvgIpc) is 2.81. The van der Waals surface area contributed by atoms with Gasteiger partial charge in [-0.05, 0) is 54.1 Å². The van der Waals surface area contributed by atoms with Gasteiger partial charge >= 0.3 is 6.18 Å². The van der Waals surface area contributed by atoms with E-state index in [0.717, 1.165) is 17.7 Å². The predicted molar refractivity (Wildman–Crippen MR) is 68.7 cm³/mol. The van der Waals surface area contributed by atoms with Gasteiger partial charge in [0.1, 0.15) is 5.82 Å². The number of aromatic amines is 1. The molecular weight excluding hydrogens is 270 g/mol. The molecule has 2 aromatic carbocycles. The molecule has 0 saturated heterocycles. The fraction of sp³-hybridized carbons (Fsp3) is 0.0667. The lowest BCUT2D eigenvalue weighted by Gasteiger charge is -2.05. The Balaban J connectivity index is 2.09. The highest BCUT2D eigenvalue weighted by atomic mass is 19.4. The van der Waals surface area contributed by atoms with E-state index >= 15 is 0 Å². The van der Waals surface area contributed by atoms with Crippen molar-refractivity contribution < 1.29 is 17.6 Å². The highest BCUT2D eigenvalue weighted by Gasteiger charge is 2.30. The molecular formula is C15H9F4N. The minimum absolute atomic E-state index is 0.357. The number of halogens is 4. The molecule has 0 spiro atoms. The van der Waals surface area contributed by atoms with Crippen LogP contribution in [0.5, 0.6) is 0 Å². The molecule has 0 amide bonds. The first kappa shape index (κ1) is 12.7. The first-order valence-corrected chi connectivity index (χ1v) is 5.89. The third kappa shape index (κ3) is 2.27. The van der Waals surface area contributed by atoms with Crippen LogP contribution in [0.15, 0.2) is 48.5 Å². The first-order chi connectivity index (χ1) is 9.43. The molecule has 0 fully saturated rings. The number of benzene rings is 2. The molecule has 1 N–H and O–H groups in total. The third-order valence-corrected chi connectivity index (χ3v) is 3.10. The lowest BCUT2D eigenvalue weighted by atomic mass is 10.1. The van der Waals surface area contributed by atoms with Gasteiger partial charge in [-0.1, -0.05) is 0 Å². The van der Waals surface area contributed by atoms with Crippen LogP contribution in [-0.2, 0) is 6.18 Å². The summed E-state index contributed by atoms with van der Waals surface area (Å²) in [4.78, 5) is 3.02. The molecule has 102 valence electrons. The Morgan fingerprint density at radius 1 is 0.850 bits per heavy atom. The van der Waals surface area contributed by atoms with Crippen LogP contribution < -0.4 is 0 Å². The van der Waals surface area contributed by atoms with Crippen molar-refractivity contribution in [3.63, 3.8) is 0 Å². The number of fused-ring (bicyclic) bond motifs is 1. The van der Waals surface area contributed by atoms with Crippen molar-refractivity contribution in [2.75, 3.05) is 0 Å². The summed E-state index contributed by atoms with van der Waals surface area (Å²) in [6, 6.07) is 10.9. The van der Waals surface area contributed by atoms with Crippen molar-refractivity contribution in [1.29, 1.82) is 0 Å². The van der Waals surface area contributed by atoms with E-state index in [4.69, 9.17) is 0 Å². The minimum atomic E-state index is -4.36. The van der Waals surface area contributed by atoms with Gasteiger partial charge < -0.3 is 4.98 Å². The Morgan fingerprint density at radius 3 is 2.20 bits per heavy atom. The minimum Gasteiger partial charge on any atom is -0.355 e. The van der Waals surface area contributed by atoms with E-state index in [0.29, 0.717) is 16.6 Å². The van der Waals surface area contributed by atoms with Crippen molar-refractivity contribution in [1.82, 2.24) is 4.98 Å². The molecule has 5 heteroatoms. The standard InChI is InChI=1S/C15H9F4N/c16-12-4-1-9(2-5-12)14-8-10-7-11(15(17,18)19)3-6-13(10)20-14/h1-8,20H. The van der Waals surface area contributed by atoms with Crippen LogP contribution in [0.4, 0.5) is 17.6 Å². The van der Waals surface area contributed by atoms with Gasteiger partial charge in [-0.3, -0.25) is 0 Å². The van der Waals surface area contributed by atoms with Crippen molar-refractivity contribution in [2.45, 2.75) is 6.18 Å². The zero-order valence-electron chi connectivity index (χ0n) is 10.1. The van der Waals surface area contributed by atoms with Crippen LogP contribution in [0.3, 0.4) is 0 Å². The molecule has 0 aliphatic heterocycles. The lowest BCUT2D eigenvalue weighted by Crippen LogP contribution is -2.03. The summed E-state index contributed by atoms with van der Waals surface area (Å²) in [6.45, 7) is 0. The molecule has 3 rings (SSSR count). The second-order valence-electron chi connectivity index (χ2n) is 4.49. The predicted octanol–water partition coefficient (Wildman–Crippen LogP) is 4.99. The largest absolute Gasteiger partial charge is 0.416 e. The molecule has 20 heavy (non-hydrogen) atoms. The number of rotatable bonds is 1. The molecule has 1 heterocycles. The van der Waals surface area contributed by atoms with E-state index in [1.165, 1.54) is 18.2 Å². The highest BCUT2D eigenvalue weighted by molar-refractivity contribution is 5.86. The van der Waals surface area contributed by atoms with Gasteiger partial charge in [-0.15, -0.1) is 0 Å². The number of H-pyrrole nitrogens is 1. The molecule has 0 saturated carbocycles. The molecule has 0 bridgehead atoms. The zero-order chi connectivity index (χ0) is 14.3. The summed E-state index contributed by atoms with van der Waals surface area (Å²) in [5.41, 5.74) is 1.29. The third-order valence-electron chi connectivity index (χ3n) is 3.10.